The van der Waals surface area contributed by atoms with Crippen molar-refractivity contribution in [1.29, 1.82) is 0 Å². The first-order chi connectivity index (χ1) is 11.4. The fourth-order valence-electron chi connectivity index (χ4n) is 2.01. The molecular formula is C19H21FN2O2. The number of rotatable bonds is 5. The Labute approximate surface area is 141 Å². The summed E-state index contributed by atoms with van der Waals surface area (Å²) in [5.74, 6) is -0.852. The fourth-order valence-corrected chi connectivity index (χ4v) is 2.01. The summed E-state index contributed by atoms with van der Waals surface area (Å²) in [6.07, 6.45) is 0. The van der Waals surface area contributed by atoms with Crippen LogP contribution in [0.25, 0.3) is 0 Å². The maximum absolute atomic E-state index is 13.5. The Bertz CT molecular complexity index is 740. The Morgan fingerprint density at radius 1 is 1.08 bits per heavy atom. The lowest BCUT2D eigenvalue weighted by Gasteiger charge is -2.09. The molecule has 4 nitrogen and oxygen atoms in total. The molecule has 2 aromatic rings. The van der Waals surface area contributed by atoms with Crippen molar-refractivity contribution >= 4 is 17.5 Å². The van der Waals surface area contributed by atoms with Crippen molar-refractivity contribution in [2.45, 2.75) is 27.3 Å². The summed E-state index contributed by atoms with van der Waals surface area (Å²) in [6.45, 7) is 5.63. The highest BCUT2D eigenvalue weighted by molar-refractivity contribution is 5.94. The van der Waals surface area contributed by atoms with Gasteiger partial charge >= 0.3 is 0 Å². The van der Waals surface area contributed by atoms with Gasteiger partial charge in [0.15, 0.2) is 0 Å². The number of nitrogens with one attached hydrogen (secondary N) is 2. The molecule has 0 fully saturated rings. The van der Waals surface area contributed by atoms with E-state index >= 15 is 0 Å². The Morgan fingerprint density at radius 3 is 2.33 bits per heavy atom. The molecule has 0 aliphatic heterocycles. The molecule has 2 N–H and O–H groups in total. The van der Waals surface area contributed by atoms with Gasteiger partial charge in [0, 0.05) is 23.7 Å². The average Bonchev–Trinajstić information content (AvgIpc) is 2.56. The summed E-state index contributed by atoms with van der Waals surface area (Å²) in [7, 11) is 0. The van der Waals surface area contributed by atoms with Gasteiger partial charge in [0.1, 0.15) is 5.82 Å². The monoisotopic (exact) mass is 328 g/mol. The van der Waals surface area contributed by atoms with E-state index in [1.807, 2.05) is 26.0 Å². The number of benzene rings is 2. The lowest BCUT2D eigenvalue weighted by Crippen LogP contribution is -2.23. The predicted octanol–water partition coefficient (Wildman–Crippen LogP) is 3.66. The van der Waals surface area contributed by atoms with Crippen molar-refractivity contribution in [3.8, 4) is 0 Å². The molecule has 0 bridgehead atoms. The van der Waals surface area contributed by atoms with E-state index in [1.165, 1.54) is 6.07 Å². The second-order valence-electron chi connectivity index (χ2n) is 5.99. The van der Waals surface area contributed by atoms with Crippen LogP contribution in [0.2, 0.25) is 0 Å². The van der Waals surface area contributed by atoms with Crippen LogP contribution in [0.1, 0.15) is 35.3 Å². The van der Waals surface area contributed by atoms with E-state index in [-0.39, 0.29) is 17.7 Å². The van der Waals surface area contributed by atoms with Crippen LogP contribution in [0.3, 0.4) is 0 Å². The minimum Gasteiger partial charge on any atom is -0.348 e. The fraction of sp³-hybridized carbons (Fsp3) is 0.263. The minimum atomic E-state index is -0.395. The zero-order valence-electron chi connectivity index (χ0n) is 14.0. The maximum Gasteiger partial charge on any atom is 0.251 e. The van der Waals surface area contributed by atoms with E-state index in [0.29, 0.717) is 23.4 Å². The quantitative estimate of drug-likeness (QED) is 0.880. The molecule has 0 aromatic heterocycles. The van der Waals surface area contributed by atoms with Gasteiger partial charge in [-0.15, -0.1) is 0 Å². The van der Waals surface area contributed by atoms with Crippen molar-refractivity contribution in [2.75, 3.05) is 5.32 Å². The van der Waals surface area contributed by atoms with Crippen LogP contribution >= 0.6 is 0 Å². The number of amides is 2. The highest BCUT2D eigenvalue weighted by atomic mass is 19.1. The normalized spacial score (nSPS) is 10.5. The van der Waals surface area contributed by atoms with Gasteiger partial charge in [-0.3, -0.25) is 9.59 Å². The van der Waals surface area contributed by atoms with Crippen LogP contribution in [0.5, 0.6) is 0 Å². The molecular weight excluding hydrogens is 307 g/mol. The third-order valence-corrected chi connectivity index (χ3v) is 3.63. The molecule has 0 unspecified atom stereocenters. The Hall–Kier alpha value is -2.69. The van der Waals surface area contributed by atoms with Crippen molar-refractivity contribution in [2.24, 2.45) is 5.92 Å². The highest BCUT2D eigenvalue weighted by Crippen LogP contribution is 2.12. The molecule has 0 radical (unpaired) electrons. The maximum atomic E-state index is 13.5. The lowest BCUT2D eigenvalue weighted by atomic mass is 10.1. The van der Waals surface area contributed by atoms with E-state index in [9.17, 15) is 14.0 Å². The van der Waals surface area contributed by atoms with Crippen LogP contribution in [0.4, 0.5) is 10.1 Å². The molecule has 0 spiro atoms. The first kappa shape index (κ1) is 17.7. The molecule has 2 amide bonds. The van der Waals surface area contributed by atoms with Gasteiger partial charge in [0.25, 0.3) is 5.91 Å². The van der Waals surface area contributed by atoms with Gasteiger partial charge in [-0.1, -0.05) is 32.0 Å². The third kappa shape index (κ3) is 4.65. The standard InChI is InChI=1S/C19H21FN2O2/c1-12(2)18(23)22-16-8-5-14(6-9-16)11-21-19(24)15-7-4-13(3)17(20)10-15/h4-10,12H,11H2,1-3H3,(H,21,24)(H,22,23). The van der Waals surface area contributed by atoms with Crippen molar-refractivity contribution in [3.63, 3.8) is 0 Å². The molecule has 2 rings (SSSR count). The molecule has 0 heterocycles. The van der Waals surface area contributed by atoms with Crippen LogP contribution < -0.4 is 10.6 Å². The zero-order valence-corrected chi connectivity index (χ0v) is 14.0. The Kier molecular flexibility index (Phi) is 5.68. The number of carbonyl (C=O) groups excluding carboxylic acids is 2. The van der Waals surface area contributed by atoms with Crippen LogP contribution in [0.15, 0.2) is 42.5 Å². The molecule has 0 aliphatic carbocycles. The molecule has 0 saturated carbocycles. The van der Waals surface area contributed by atoms with Crippen molar-refractivity contribution in [1.82, 2.24) is 5.32 Å². The predicted molar refractivity (Wildman–Crippen MR) is 92.2 cm³/mol. The average molecular weight is 328 g/mol. The number of aryl methyl sites for hydroxylation is 1. The van der Waals surface area contributed by atoms with Gasteiger partial charge in [-0.05, 0) is 42.3 Å². The molecule has 2 aromatic carbocycles. The second kappa shape index (κ2) is 7.73. The van der Waals surface area contributed by atoms with Crippen LogP contribution in [-0.4, -0.2) is 11.8 Å². The SMILES string of the molecule is Cc1ccc(C(=O)NCc2ccc(NC(=O)C(C)C)cc2)cc1F. The summed E-state index contributed by atoms with van der Waals surface area (Å²) in [6, 6.07) is 11.6. The van der Waals surface area contributed by atoms with E-state index in [1.54, 1.807) is 31.2 Å². The largest absolute Gasteiger partial charge is 0.348 e. The molecule has 24 heavy (non-hydrogen) atoms. The number of hydrogen-bond acceptors (Lipinski definition) is 2. The molecule has 5 heteroatoms. The molecule has 0 atom stereocenters. The van der Waals surface area contributed by atoms with Gasteiger partial charge in [0.2, 0.25) is 5.91 Å². The summed E-state index contributed by atoms with van der Waals surface area (Å²) in [5, 5.41) is 5.55. The number of halogens is 1. The van der Waals surface area contributed by atoms with E-state index < -0.39 is 5.82 Å². The van der Waals surface area contributed by atoms with Gasteiger partial charge < -0.3 is 10.6 Å². The molecule has 126 valence electrons. The first-order valence-corrected chi connectivity index (χ1v) is 7.81. The Morgan fingerprint density at radius 2 is 1.75 bits per heavy atom. The minimum absolute atomic E-state index is 0.0440. The van der Waals surface area contributed by atoms with Gasteiger partial charge in [-0.25, -0.2) is 4.39 Å². The Balaban J connectivity index is 1.93. The highest BCUT2D eigenvalue weighted by Gasteiger charge is 2.09. The van der Waals surface area contributed by atoms with Crippen LogP contribution in [0, 0.1) is 18.7 Å². The van der Waals surface area contributed by atoms with Crippen molar-refractivity contribution in [3.05, 3.63) is 65.0 Å². The lowest BCUT2D eigenvalue weighted by molar-refractivity contribution is -0.118. The summed E-state index contributed by atoms with van der Waals surface area (Å²) in [5.41, 5.74) is 2.40. The summed E-state index contributed by atoms with van der Waals surface area (Å²) in [4.78, 5) is 23.7. The number of hydrogen-bond donors (Lipinski definition) is 2. The van der Waals surface area contributed by atoms with E-state index in [4.69, 9.17) is 0 Å². The topological polar surface area (TPSA) is 58.2 Å². The third-order valence-electron chi connectivity index (χ3n) is 3.63. The smallest absolute Gasteiger partial charge is 0.251 e. The summed E-state index contributed by atoms with van der Waals surface area (Å²) >= 11 is 0. The van der Waals surface area contributed by atoms with Gasteiger partial charge in [0.05, 0.1) is 0 Å². The molecule has 0 aliphatic rings. The molecule has 0 saturated heterocycles. The summed E-state index contributed by atoms with van der Waals surface area (Å²) < 4.78 is 13.5. The number of carbonyl (C=O) groups is 2. The number of anilines is 1. The van der Waals surface area contributed by atoms with Crippen LogP contribution in [-0.2, 0) is 11.3 Å². The van der Waals surface area contributed by atoms with E-state index in [2.05, 4.69) is 10.6 Å². The zero-order chi connectivity index (χ0) is 17.7. The van der Waals surface area contributed by atoms with Gasteiger partial charge in [-0.2, -0.15) is 0 Å². The first-order valence-electron chi connectivity index (χ1n) is 7.81. The van der Waals surface area contributed by atoms with Crippen molar-refractivity contribution < 1.29 is 14.0 Å². The second-order valence-corrected chi connectivity index (χ2v) is 5.99. The van der Waals surface area contributed by atoms with E-state index in [0.717, 1.165) is 5.56 Å².